The topological polar surface area (TPSA) is 159 Å². The second kappa shape index (κ2) is 15.3. The van der Waals surface area contributed by atoms with Crippen molar-refractivity contribution >= 4 is 29.2 Å². The van der Waals surface area contributed by atoms with Crippen LogP contribution in [0.25, 0.3) is 0 Å². The van der Waals surface area contributed by atoms with E-state index in [9.17, 15) is 24.6 Å². The maximum atomic E-state index is 13.5. The zero-order valence-corrected chi connectivity index (χ0v) is 21.3. The molecule has 0 aliphatic carbocycles. The van der Waals surface area contributed by atoms with E-state index >= 15 is 0 Å². The molecule has 0 saturated carbocycles. The maximum Gasteiger partial charge on any atom is 0.237 e. The largest absolute Gasteiger partial charge is 0.396 e. The van der Waals surface area contributed by atoms with E-state index in [2.05, 4.69) is 5.32 Å². The highest BCUT2D eigenvalue weighted by Crippen LogP contribution is 2.35. The van der Waals surface area contributed by atoms with Crippen molar-refractivity contribution in [1.29, 1.82) is 0 Å². The highest BCUT2D eigenvalue weighted by molar-refractivity contribution is 8.00. The summed E-state index contributed by atoms with van der Waals surface area (Å²) in [4.78, 5) is 41.2. The maximum absolute atomic E-state index is 13.5. The quantitative estimate of drug-likeness (QED) is 0.121. The number of amides is 1. The third-order valence-electron chi connectivity index (χ3n) is 6.31. The molecule has 1 aliphatic rings. The lowest BCUT2D eigenvalue weighted by Gasteiger charge is -2.35. The van der Waals surface area contributed by atoms with Crippen molar-refractivity contribution in [1.82, 2.24) is 10.2 Å². The standard InChI is InChI=1S/C25H40N4O5S/c1-17(15-30)13-19(16-31)25-29(11-12-35-25)22(23(33)18-7-3-2-4-8-18)21(32)14-28-24(34)20(27)9-5-6-10-26/h2-4,7-8,17,19-20,22,25,30-31H,5-6,9-16,26-27H2,1H3,(H,28,34)/t17?,19?,20-,22?,25?/m0/s1. The Hall–Kier alpha value is -1.82. The second-order valence-corrected chi connectivity index (χ2v) is 10.4. The van der Waals surface area contributed by atoms with Gasteiger partial charge in [-0.05, 0) is 31.7 Å². The first kappa shape index (κ1) is 29.4. The average Bonchev–Trinajstić information content (AvgIpc) is 3.35. The minimum atomic E-state index is -1.09. The Morgan fingerprint density at radius 1 is 1.17 bits per heavy atom. The summed E-state index contributed by atoms with van der Waals surface area (Å²) in [6, 6.07) is 6.79. The molecular formula is C25H40N4O5S. The van der Waals surface area contributed by atoms with Gasteiger partial charge < -0.3 is 27.0 Å². The van der Waals surface area contributed by atoms with Crippen molar-refractivity contribution < 1.29 is 24.6 Å². The van der Waals surface area contributed by atoms with Crippen molar-refractivity contribution in [2.24, 2.45) is 23.3 Å². The molecule has 9 nitrogen and oxygen atoms in total. The molecule has 10 heteroatoms. The van der Waals surface area contributed by atoms with Crippen LogP contribution in [0.5, 0.6) is 0 Å². The molecule has 1 saturated heterocycles. The van der Waals surface area contributed by atoms with Gasteiger partial charge in [-0.15, -0.1) is 11.8 Å². The first-order valence-corrected chi connectivity index (χ1v) is 13.3. The van der Waals surface area contributed by atoms with Gasteiger partial charge >= 0.3 is 0 Å². The number of Topliss-reactive ketones (excluding diaryl/α,β-unsaturated/α-hetero) is 2. The molecule has 0 radical (unpaired) electrons. The highest BCUT2D eigenvalue weighted by Gasteiger charge is 2.43. The third-order valence-corrected chi connectivity index (χ3v) is 7.72. The molecule has 0 spiro atoms. The van der Waals surface area contributed by atoms with Crippen LogP contribution in [0, 0.1) is 11.8 Å². The van der Waals surface area contributed by atoms with Gasteiger partial charge in [0.15, 0.2) is 11.6 Å². The van der Waals surface area contributed by atoms with Crippen molar-refractivity contribution in [3.8, 4) is 0 Å². The van der Waals surface area contributed by atoms with Crippen molar-refractivity contribution in [2.75, 3.05) is 38.6 Å². The van der Waals surface area contributed by atoms with Crippen LogP contribution in [-0.2, 0) is 9.59 Å². The summed E-state index contributed by atoms with van der Waals surface area (Å²) in [7, 11) is 0. The van der Waals surface area contributed by atoms with Crippen molar-refractivity contribution in [3.63, 3.8) is 0 Å². The van der Waals surface area contributed by atoms with Gasteiger partial charge in [-0.2, -0.15) is 0 Å². The second-order valence-electron chi connectivity index (χ2n) is 9.17. The van der Waals surface area contributed by atoms with Crippen molar-refractivity contribution in [2.45, 2.75) is 50.1 Å². The number of aliphatic hydroxyl groups excluding tert-OH is 2. The fraction of sp³-hybridized carbons (Fsp3) is 0.640. The molecule has 1 fully saturated rings. The van der Waals surface area contributed by atoms with Gasteiger partial charge in [0, 0.05) is 37.0 Å². The number of nitrogens with two attached hydrogens (primary N) is 2. The summed E-state index contributed by atoms with van der Waals surface area (Å²) in [5.74, 6) is -0.710. The Morgan fingerprint density at radius 3 is 2.51 bits per heavy atom. The Balaban J connectivity index is 2.21. The lowest BCUT2D eigenvalue weighted by Crippen LogP contribution is -2.54. The first-order valence-electron chi connectivity index (χ1n) is 12.3. The van der Waals surface area contributed by atoms with Crippen LogP contribution in [0.2, 0.25) is 0 Å². The Morgan fingerprint density at radius 2 is 1.89 bits per heavy atom. The number of hydrogen-bond donors (Lipinski definition) is 5. The van der Waals surface area contributed by atoms with E-state index in [1.165, 1.54) is 0 Å². The molecular weight excluding hydrogens is 468 g/mol. The Kier molecular flexibility index (Phi) is 12.9. The molecule has 4 unspecified atom stereocenters. The first-order chi connectivity index (χ1) is 16.8. The molecule has 1 amide bonds. The number of benzene rings is 1. The van der Waals surface area contributed by atoms with Gasteiger partial charge in [-0.25, -0.2) is 0 Å². The summed E-state index contributed by atoms with van der Waals surface area (Å²) >= 11 is 1.60. The van der Waals surface area contributed by atoms with E-state index in [0.717, 1.165) is 12.8 Å². The van der Waals surface area contributed by atoms with Gasteiger partial charge in [-0.3, -0.25) is 19.3 Å². The Labute approximate surface area is 212 Å². The normalized spacial score (nSPS) is 19.6. The van der Waals surface area contributed by atoms with Crippen LogP contribution < -0.4 is 16.8 Å². The van der Waals surface area contributed by atoms with E-state index in [0.29, 0.717) is 37.2 Å². The number of carbonyl (C=O) groups excluding carboxylic acids is 3. The molecule has 1 aliphatic heterocycles. The van der Waals surface area contributed by atoms with E-state index in [4.69, 9.17) is 11.5 Å². The van der Waals surface area contributed by atoms with Gasteiger partial charge in [0.25, 0.3) is 0 Å². The smallest absolute Gasteiger partial charge is 0.237 e. The summed E-state index contributed by atoms with van der Waals surface area (Å²) in [5, 5.41) is 21.9. The summed E-state index contributed by atoms with van der Waals surface area (Å²) in [5.41, 5.74) is 11.8. The minimum absolute atomic E-state index is 0.00322. The van der Waals surface area contributed by atoms with Crippen LogP contribution in [0.3, 0.4) is 0 Å². The van der Waals surface area contributed by atoms with E-state index < -0.39 is 23.8 Å². The molecule has 0 bridgehead atoms. The average molecular weight is 509 g/mol. The molecule has 7 N–H and O–H groups in total. The van der Waals surface area contributed by atoms with Crippen LogP contribution in [0.4, 0.5) is 0 Å². The van der Waals surface area contributed by atoms with Crippen LogP contribution in [-0.4, -0.2) is 88.6 Å². The van der Waals surface area contributed by atoms with Gasteiger partial charge in [0.2, 0.25) is 5.91 Å². The number of rotatable bonds is 16. The number of ketones is 2. The monoisotopic (exact) mass is 508 g/mol. The van der Waals surface area contributed by atoms with Crippen molar-refractivity contribution in [3.05, 3.63) is 35.9 Å². The van der Waals surface area contributed by atoms with Gasteiger partial charge in [-0.1, -0.05) is 43.7 Å². The van der Waals surface area contributed by atoms with Crippen LogP contribution in [0.15, 0.2) is 30.3 Å². The minimum Gasteiger partial charge on any atom is -0.396 e. The zero-order chi connectivity index (χ0) is 25.8. The molecule has 1 heterocycles. The third kappa shape index (κ3) is 8.66. The number of carbonyl (C=O) groups is 3. The predicted molar refractivity (Wildman–Crippen MR) is 138 cm³/mol. The zero-order valence-electron chi connectivity index (χ0n) is 20.5. The molecule has 0 aromatic heterocycles. The number of unbranched alkanes of at least 4 members (excludes halogenated alkanes) is 1. The molecule has 1 aromatic carbocycles. The lowest BCUT2D eigenvalue weighted by atomic mass is 9.93. The van der Waals surface area contributed by atoms with E-state index in [1.807, 2.05) is 11.8 Å². The number of thioether (sulfide) groups is 1. The predicted octanol–water partition coefficient (Wildman–Crippen LogP) is 0.381. The lowest BCUT2D eigenvalue weighted by molar-refractivity contribution is -0.127. The number of nitrogens with zero attached hydrogens (tertiary/aromatic N) is 1. The van der Waals surface area contributed by atoms with Crippen LogP contribution in [0.1, 0.15) is 43.0 Å². The molecule has 2 rings (SSSR count). The van der Waals surface area contributed by atoms with Gasteiger partial charge in [0.1, 0.15) is 6.04 Å². The molecule has 1 aromatic rings. The fourth-order valence-corrected chi connectivity index (χ4v) is 5.79. The summed E-state index contributed by atoms with van der Waals surface area (Å²) < 4.78 is 0. The van der Waals surface area contributed by atoms with Gasteiger partial charge in [0.05, 0.1) is 18.0 Å². The number of aliphatic hydroxyl groups is 2. The molecule has 196 valence electrons. The number of hydrogen-bond acceptors (Lipinski definition) is 9. The summed E-state index contributed by atoms with van der Waals surface area (Å²) in [6.45, 7) is 2.50. The molecule has 35 heavy (non-hydrogen) atoms. The van der Waals surface area contributed by atoms with E-state index in [1.54, 1.807) is 42.1 Å². The Bertz CT molecular complexity index is 812. The van der Waals surface area contributed by atoms with E-state index in [-0.39, 0.29) is 42.8 Å². The fourth-order valence-electron chi connectivity index (χ4n) is 4.34. The summed E-state index contributed by atoms with van der Waals surface area (Å²) in [6.07, 6.45) is 2.52. The molecule has 5 atom stereocenters. The van der Waals surface area contributed by atoms with Crippen LogP contribution >= 0.6 is 11.8 Å². The highest BCUT2D eigenvalue weighted by atomic mass is 32.2. The SMILES string of the molecule is CC(CO)CC(CO)C1SCCN1C(C(=O)CNC(=O)[C@@H](N)CCCCN)C(=O)c1ccccc1. The number of nitrogens with one attached hydrogen (secondary N) is 1.